The lowest BCUT2D eigenvalue weighted by atomic mass is 9.90. The van der Waals surface area contributed by atoms with Crippen molar-refractivity contribution < 1.29 is 18.3 Å². The van der Waals surface area contributed by atoms with E-state index < -0.39 is 10.0 Å². The first-order chi connectivity index (χ1) is 14.8. The maximum Gasteiger partial charge on any atom is 0.243 e. The number of halogens is 1. The van der Waals surface area contributed by atoms with Crippen LogP contribution in [0.3, 0.4) is 0 Å². The first-order valence-corrected chi connectivity index (χ1v) is 13.3. The average molecular weight is 469 g/mol. The second kappa shape index (κ2) is 9.38. The van der Waals surface area contributed by atoms with Gasteiger partial charge in [-0.3, -0.25) is 4.79 Å². The number of aliphatic hydroxyl groups is 1. The van der Waals surface area contributed by atoms with Crippen LogP contribution in [0.1, 0.15) is 56.9 Å². The second-order valence-electron chi connectivity index (χ2n) is 9.46. The van der Waals surface area contributed by atoms with Crippen molar-refractivity contribution in [1.82, 2.24) is 9.21 Å². The molecule has 8 heteroatoms. The Balaban J connectivity index is 1.51. The molecule has 3 aliphatic rings. The zero-order valence-electron chi connectivity index (χ0n) is 18.2. The van der Waals surface area contributed by atoms with Crippen LogP contribution >= 0.6 is 11.6 Å². The van der Waals surface area contributed by atoms with Crippen LogP contribution in [0.15, 0.2) is 23.1 Å². The quantitative estimate of drug-likeness (QED) is 0.692. The molecule has 172 valence electrons. The minimum Gasteiger partial charge on any atom is -0.393 e. The molecule has 0 radical (unpaired) electrons. The van der Waals surface area contributed by atoms with Gasteiger partial charge < -0.3 is 10.0 Å². The van der Waals surface area contributed by atoms with E-state index in [-0.39, 0.29) is 35.4 Å². The predicted molar refractivity (Wildman–Crippen MR) is 120 cm³/mol. The van der Waals surface area contributed by atoms with Crippen molar-refractivity contribution in [2.75, 3.05) is 19.6 Å². The molecule has 1 aromatic carbocycles. The van der Waals surface area contributed by atoms with Gasteiger partial charge in [-0.25, -0.2) is 8.42 Å². The number of benzene rings is 1. The smallest absolute Gasteiger partial charge is 0.243 e. The predicted octanol–water partition coefficient (Wildman–Crippen LogP) is 3.59. The molecule has 6 nitrogen and oxygen atoms in total. The zero-order chi connectivity index (χ0) is 22.2. The SMILES string of the molecule is Cc1c(Cl)cccc1S(=O)(=O)N1CCCC(C(=O)N(CC2CC2)C2CCC(O)CC2)C1. The summed E-state index contributed by atoms with van der Waals surface area (Å²) < 4.78 is 28.1. The molecule has 1 aromatic rings. The van der Waals surface area contributed by atoms with Gasteiger partial charge in [0.15, 0.2) is 0 Å². The van der Waals surface area contributed by atoms with E-state index in [1.54, 1.807) is 25.1 Å². The molecule has 1 N–H and O–H groups in total. The number of nitrogens with zero attached hydrogens (tertiary/aromatic N) is 2. The van der Waals surface area contributed by atoms with E-state index in [0.717, 1.165) is 38.6 Å². The van der Waals surface area contributed by atoms with Crippen LogP contribution in [-0.2, 0) is 14.8 Å². The molecule has 1 saturated heterocycles. The number of amides is 1. The molecule has 0 bridgehead atoms. The van der Waals surface area contributed by atoms with E-state index in [2.05, 4.69) is 0 Å². The number of carbonyl (C=O) groups excluding carboxylic acids is 1. The van der Waals surface area contributed by atoms with Crippen molar-refractivity contribution in [2.45, 2.75) is 75.3 Å². The van der Waals surface area contributed by atoms with Gasteiger partial charge in [0.2, 0.25) is 15.9 Å². The third-order valence-electron chi connectivity index (χ3n) is 7.11. The number of sulfonamides is 1. The fourth-order valence-electron chi connectivity index (χ4n) is 4.97. The van der Waals surface area contributed by atoms with Crippen LogP contribution in [0.5, 0.6) is 0 Å². The molecule has 3 fully saturated rings. The molecule has 1 atom stereocenters. The van der Waals surface area contributed by atoms with Gasteiger partial charge in [0.1, 0.15) is 0 Å². The van der Waals surface area contributed by atoms with Gasteiger partial charge in [-0.2, -0.15) is 4.31 Å². The Kier molecular flexibility index (Phi) is 6.96. The van der Waals surface area contributed by atoms with Crippen molar-refractivity contribution in [1.29, 1.82) is 0 Å². The number of hydrogen-bond acceptors (Lipinski definition) is 4. The molecular weight excluding hydrogens is 436 g/mol. The van der Waals surface area contributed by atoms with E-state index in [9.17, 15) is 18.3 Å². The molecular formula is C23H33ClN2O4S. The number of piperidine rings is 1. The summed E-state index contributed by atoms with van der Waals surface area (Å²) >= 11 is 6.17. The van der Waals surface area contributed by atoms with Crippen molar-refractivity contribution in [2.24, 2.45) is 11.8 Å². The third kappa shape index (κ3) is 5.10. The molecule has 1 amide bonds. The molecule has 1 unspecified atom stereocenters. The topological polar surface area (TPSA) is 77.9 Å². The summed E-state index contributed by atoms with van der Waals surface area (Å²) in [5.74, 6) is 0.359. The van der Waals surface area contributed by atoms with Gasteiger partial charge in [-0.1, -0.05) is 17.7 Å². The summed E-state index contributed by atoms with van der Waals surface area (Å²) in [6.45, 7) is 3.15. The number of carbonyl (C=O) groups is 1. The highest BCUT2D eigenvalue weighted by molar-refractivity contribution is 7.89. The standard InChI is InChI=1S/C23H33ClN2O4S/c1-16-21(24)5-2-6-22(16)31(29,30)25-13-3-4-18(15-25)23(28)26(14-17-7-8-17)19-9-11-20(27)12-10-19/h2,5-6,17-20,27H,3-4,7-15H2,1H3. The largest absolute Gasteiger partial charge is 0.393 e. The Morgan fingerprint density at radius 2 is 1.87 bits per heavy atom. The summed E-state index contributed by atoms with van der Waals surface area (Å²) in [5.41, 5.74) is 0.550. The van der Waals surface area contributed by atoms with E-state index in [1.165, 1.54) is 17.1 Å². The Hall–Kier alpha value is -1.15. The summed E-state index contributed by atoms with van der Waals surface area (Å²) in [6.07, 6.45) is 6.59. The highest BCUT2D eigenvalue weighted by atomic mass is 35.5. The normalized spacial score (nSPS) is 27.8. The summed E-state index contributed by atoms with van der Waals surface area (Å²) in [7, 11) is -3.71. The van der Waals surface area contributed by atoms with Crippen LogP contribution in [-0.4, -0.2) is 60.4 Å². The van der Waals surface area contributed by atoms with Crippen molar-refractivity contribution in [3.63, 3.8) is 0 Å². The Bertz CT molecular complexity index is 910. The van der Waals surface area contributed by atoms with E-state index in [1.807, 2.05) is 4.90 Å². The highest BCUT2D eigenvalue weighted by Crippen LogP contribution is 2.35. The van der Waals surface area contributed by atoms with Gasteiger partial charge in [0, 0.05) is 30.7 Å². The van der Waals surface area contributed by atoms with Gasteiger partial charge in [0.25, 0.3) is 0 Å². The molecule has 2 aliphatic carbocycles. The van der Waals surface area contributed by atoms with Crippen LogP contribution < -0.4 is 0 Å². The monoisotopic (exact) mass is 468 g/mol. The van der Waals surface area contributed by atoms with Crippen LogP contribution in [0.2, 0.25) is 5.02 Å². The molecule has 0 aromatic heterocycles. The lowest BCUT2D eigenvalue weighted by molar-refractivity contribution is -0.140. The zero-order valence-corrected chi connectivity index (χ0v) is 19.7. The van der Waals surface area contributed by atoms with Gasteiger partial charge >= 0.3 is 0 Å². The summed E-state index contributed by atoms with van der Waals surface area (Å²) in [6, 6.07) is 5.10. The van der Waals surface area contributed by atoms with Gasteiger partial charge in [0.05, 0.1) is 16.9 Å². The number of rotatable bonds is 6. The Morgan fingerprint density at radius 3 is 2.55 bits per heavy atom. The summed E-state index contributed by atoms with van der Waals surface area (Å²) in [5, 5.41) is 10.3. The average Bonchev–Trinajstić information content (AvgIpc) is 3.58. The molecule has 1 aliphatic heterocycles. The van der Waals surface area contributed by atoms with Crippen molar-refractivity contribution >= 4 is 27.5 Å². The van der Waals surface area contributed by atoms with Gasteiger partial charge in [-0.15, -0.1) is 0 Å². The van der Waals surface area contributed by atoms with E-state index in [0.29, 0.717) is 29.5 Å². The Labute approximate surface area is 190 Å². The summed E-state index contributed by atoms with van der Waals surface area (Å²) in [4.78, 5) is 15.9. The molecule has 2 saturated carbocycles. The minimum absolute atomic E-state index is 0.0935. The van der Waals surface area contributed by atoms with Crippen molar-refractivity contribution in [3.05, 3.63) is 28.8 Å². The Morgan fingerprint density at radius 1 is 1.16 bits per heavy atom. The number of hydrogen-bond donors (Lipinski definition) is 1. The van der Waals surface area contributed by atoms with E-state index >= 15 is 0 Å². The van der Waals surface area contributed by atoms with Crippen LogP contribution in [0.25, 0.3) is 0 Å². The third-order valence-corrected chi connectivity index (χ3v) is 9.53. The first kappa shape index (κ1) is 23.0. The van der Waals surface area contributed by atoms with Gasteiger partial charge in [-0.05, 0) is 81.9 Å². The fourth-order valence-corrected chi connectivity index (χ4v) is 6.97. The molecule has 4 rings (SSSR count). The lowest BCUT2D eigenvalue weighted by Crippen LogP contribution is -2.51. The molecule has 0 spiro atoms. The highest BCUT2D eigenvalue weighted by Gasteiger charge is 2.39. The van der Waals surface area contributed by atoms with Crippen LogP contribution in [0.4, 0.5) is 0 Å². The maximum absolute atomic E-state index is 13.6. The van der Waals surface area contributed by atoms with Crippen LogP contribution in [0, 0.1) is 18.8 Å². The number of aliphatic hydroxyl groups excluding tert-OH is 1. The maximum atomic E-state index is 13.6. The minimum atomic E-state index is -3.71. The lowest BCUT2D eigenvalue weighted by Gasteiger charge is -2.40. The molecule has 31 heavy (non-hydrogen) atoms. The molecule has 1 heterocycles. The first-order valence-electron chi connectivity index (χ1n) is 11.5. The van der Waals surface area contributed by atoms with Crippen molar-refractivity contribution in [3.8, 4) is 0 Å². The second-order valence-corrected chi connectivity index (χ2v) is 11.8. The van der Waals surface area contributed by atoms with E-state index in [4.69, 9.17) is 11.6 Å². The fraction of sp³-hybridized carbons (Fsp3) is 0.696.